The summed E-state index contributed by atoms with van der Waals surface area (Å²) in [5.41, 5.74) is 0. The molecule has 1 unspecified atom stereocenters. The van der Waals surface area contributed by atoms with Crippen LogP contribution in [0.1, 0.15) is 4.88 Å². The van der Waals surface area contributed by atoms with Crippen molar-refractivity contribution in [1.29, 1.82) is 0 Å². The van der Waals surface area contributed by atoms with E-state index in [-0.39, 0.29) is 0 Å². The van der Waals surface area contributed by atoms with E-state index in [9.17, 15) is 4.21 Å². The number of halogens is 1. The van der Waals surface area contributed by atoms with E-state index in [1.165, 1.54) is 11.3 Å². The second-order valence-electron chi connectivity index (χ2n) is 1.68. The summed E-state index contributed by atoms with van der Waals surface area (Å²) < 4.78 is 11.4. The van der Waals surface area contributed by atoms with Gasteiger partial charge in [0, 0.05) is 17.3 Å². The van der Waals surface area contributed by atoms with Crippen molar-refractivity contribution >= 4 is 33.7 Å². The monoisotopic (exact) mass is 195 g/mol. The SMILES string of the molecule is CS(=O)c1ncc(CCl)s1. The van der Waals surface area contributed by atoms with E-state index in [2.05, 4.69) is 4.98 Å². The van der Waals surface area contributed by atoms with E-state index in [4.69, 9.17) is 11.6 Å². The fraction of sp³-hybridized carbons (Fsp3) is 0.400. The van der Waals surface area contributed by atoms with Crippen molar-refractivity contribution in [2.45, 2.75) is 10.2 Å². The van der Waals surface area contributed by atoms with Crippen LogP contribution < -0.4 is 0 Å². The molecule has 5 heteroatoms. The van der Waals surface area contributed by atoms with Gasteiger partial charge in [-0.25, -0.2) is 4.98 Å². The summed E-state index contributed by atoms with van der Waals surface area (Å²) >= 11 is 6.91. The van der Waals surface area contributed by atoms with Crippen LogP contribution in [-0.4, -0.2) is 15.4 Å². The van der Waals surface area contributed by atoms with E-state index < -0.39 is 10.8 Å². The van der Waals surface area contributed by atoms with E-state index in [1.54, 1.807) is 12.5 Å². The maximum Gasteiger partial charge on any atom is 0.180 e. The molecule has 0 aliphatic rings. The average molecular weight is 196 g/mol. The third kappa shape index (κ3) is 1.78. The topological polar surface area (TPSA) is 30.0 Å². The molecule has 0 N–H and O–H groups in total. The van der Waals surface area contributed by atoms with Gasteiger partial charge in [0.2, 0.25) is 0 Å². The fourth-order valence-corrected chi connectivity index (χ4v) is 2.20. The van der Waals surface area contributed by atoms with Gasteiger partial charge >= 0.3 is 0 Å². The standard InChI is InChI=1S/C5H6ClNOS2/c1-10(8)5-7-3-4(2-6)9-5/h3H,2H2,1H3. The Bertz CT molecular complexity index is 248. The highest BCUT2D eigenvalue weighted by molar-refractivity contribution is 7.86. The third-order valence-corrected chi connectivity index (χ3v) is 3.70. The normalized spacial score (nSPS) is 13.4. The molecule has 0 fully saturated rings. The van der Waals surface area contributed by atoms with Crippen molar-refractivity contribution in [2.24, 2.45) is 0 Å². The lowest BCUT2D eigenvalue weighted by Gasteiger charge is -1.82. The van der Waals surface area contributed by atoms with Crippen molar-refractivity contribution in [3.63, 3.8) is 0 Å². The van der Waals surface area contributed by atoms with Gasteiger partial charge in [-0.2, -0.15) is 0 Å². The second-order valence-corrected chi connectivity index (χ2v) is 4.62. The summed E-state index contributed by atoms with van der Waals surface area (Å²) in [5.74, 6) is 0.453. The van der Waals surface area contributed by atoms with Crippen molar-refractivity contribution in [3.8, 4) is 0 Å². The van der Waals surface area contributed by atoms with Gasteiger partial charge in [-0.1, -0.05) is 0 Å². The summed E-state index contributed by atoms with van der Waals surface area (Å²) in [6.45, 7) is 0. The maximum atomic E-state index is 10.8. The molecule has 0 aliphatic carbocycles. The molecule has 1 aromatic heterocycles. The number of hydrogen-bond acceptors (Lipinski definition) is 3. The summed E-state index contributed by atoms with van der Waals surface area (Å²) in [5, 5.41) is 0. The van der Waals surface area contributed by atoms with Crippen LogP contribution in [-0.2, 0) is 16.7 Å². The summed E-state index contributed by atoms with van der Waals surface area (Å²) in [4.78, 5) is 4.89. The van der Waals surface area contributed by atoms with Crippen LogP contribution in [0.15, 0.2) is 10.5 Å². The Hall–Kier alpha value is 0.0700. The van der Waals surface area contributed by atoms with Crippen LogP contribution in [0.3, 0.4) is 0 Å². The van der Waals surface area contributed by atoms with Crippen molar-refractivity contribution in [2.75, 3.05) is 6.26 Å². The molecular weight excluding hydrogens is 190 g/mol. The van der Waals surface area contributed by atoms with Gasteiger partial charge in [0.1, 0.15) is 0 Å². The third-order valence-electron chi connectivity index (χ3n) is 0.910. The quantitative estimate of drug-likeness (QED) is 0.672. The lowest BCUT2D eigenvalue weighted by atomic mass is 10.6. The Kier molecular flexibility index (Phi) is 2.82. The smallest absolute Gasteiger partial charge is 0.180 e. The van der Waals surface area contributed by atoms with Gasteiger partial charge in [-0.15, -0.1) is 22.9 Å². The van der Waals surface area contributed by atoms with Gasteiger partial charge in [0.15, 0.2) is 4.34 Å². The van der Waals surface area contributed by atoms with Crippen LogP contribution in [0.2, 0.25) is 0 Å². The zero-order valence-electron chi connectivity index (χ0n) is 5.33. The first-order chi connectivity index (χ1) is 4.74. The van der Waals surface area contributed by atoms with Crippen molar-refractivity contribution in [1.82, 2.24) is 4.98 Å². The van der Waals surface area contributed by atoms with Crippen LogP contribution in [0.25, 0.3) is 0 Å². The zero-order valence-corrected chi connectivity index (χ0v) is 7.72. The number of hydrogen-bond donors (Lipinski definition) is 0. The van der Waals surface area contributed by atoms with Crippen LogP contribution in [0.5, 0.6) is 0 Å². The number of aromatic nitrogens is 1. The first-order valence-corrected chi connectivity index (χ1v) is 5.49. The molecule has 0 amide bonds. The van der Waals surface area contributed by atoms with Gasteiger partial charge in [0.05, 0.1) is 16.7 Å². The highest BCUT2D eigenvalue weighted by atomic mass is 35.5. The van der Waals surface area contributed by atoms with E-state index in [0.717, 1.165) is 4.88 Å². The van der Waals surface area contributed by atoms with Crippen molar-refractivity contribution < 1.29 is 4.21 Å². The average Bonchev–Trinajstić information content (AvgIpc) is 2.34. The number of thiazole rings is 1. The largest absolute Gasteiger partial charge is 0.252 e. The maximum absolute atomic E-state index is 10.8. The Morgan fingerprint density at radius 2 is 2.60 bits per heavy atom. The van der Waals surface area contributed by atoms with E-state index in [1.807, 2.05) is 0 Å². The van der Waals surface area contributed by atoms with E-state index >= 15 is 0 Å². The lowest BCUT2D eigenvalue weighted by molar-refractivity contribution is 0.686. The van der Waals surface area contributed by atoms with Gasteiger partial charge < -0.3 is 0 Å². The van der Waals surface area contributed by atoms with Gasteiger partial charge in [-0.3, -0.25) is 4.21 Å². The first kappa shape index (κ1) is 8.17. The van der Waals surface area contributed by atoms with E-state index in [0.29, 0.717) is 10.2 Å². The molecule has 1 rings (SSSR count). The minimum absolute atomic E-state index is 0.453. The molecule has 2 nitrogen and oxygen atoms in total. The molecule has 0 spiro atoms. The van der Waals surface area contributed by atoms with Crippen LogP contribution >= 0.6 is 22.9 Å². The molecular formula is C5H6ClNOS2. The molecule has 0 aromatic carbocycles. The molecule has 1 aromatic rings. The second kappa shape index (κ2) is 3.46. The highest BCUT2D eigenvalue weighted by Gasteiger charge is 2.02. The minimum atomic E-state index is -0.961. The summed E-state index contributed by atoms with van der Waals surface area (Å²) in [6, 6.07) is 0. The predicted molar refractivity (Wildman–Crippen MR) is 44.0 cm³/mol. The molecule has 1 heterocycles. The molecule has 0 aliphatic heterocycles. The lowest BCUT2D eigenvalue weighted by Crippen LogP contribution is -1.82. The molecule has 1 atom stereocenters. The molecule has 0 saturated carbocycles. The Morgan fingerprint density at radius 3 is 2.90 bits per heavy atom. The molecule has 0 radical (unpaired) electrons. The Morgan fingerprint density at radius 1 is 1.90 bits per heavy atom. The number of rotatable bonds is 2. The van der Waals surface area contributed by atoms with Gasteiger partial charge in [0.25, 0.3) is 0 Å². The van der Waals surface area contributed by atoms with Crippen LogP contribution in [0, 0.1) is 0 Å². The van der Waals surface area contributed by atoms with Crippen LogP contribution in [0.4, 0.5) is 0 Å². The molecule has 0 saturated heterocycles. The first-order valence-electron chi connectivity index (χ1n) is 2.58. The number of nitrogens with zero attached hydrogens (tertiary/aromatic N) is 1. The fourth-order valence-electron chi connectivity index (χ4n) is 0.484. The molecule has 10 heavy (non-hydrogen) atoms. The Labute approximate surface area is 70.7 Å². The highest BCUT2D eigenvalue weighted by Crippen LogP contribution is 2.16. The zero-order chi connectivity index (χ0) is 7.56. The molecule has 0 bridgehead atoms. The summed E-state index contributed by atoms with van der Waals surface area (Å²) in [7, 11) is -0.961. The number of alkyl halides is 1. The van der Waals surface area contributed by atoms with Crippen molar-refractivity contribution in [3.05, 3.63) is 11.1 Å². The van der Waals surface area contributed by atoms with Gasteiger partial charge in [-0.05, 0) is 0 Å². The molecule has 56 valence electrons. The predicted octanol–water partition coefficient (Wildman–Crippen LogP) is 1.62. The summed E-state index contributed by atoms with van der Waals surface area (Å²) in [6.07, 6.45) is 3.27. The Balaban J connectivity index is 2.88. The minimum Gasteiger partial charge on any atom is -0.252 e.